The van der Waals surface area contributed by atoms with Gasteiger partial charge in [0.15, 0.2) is 5.13 Å². The maximum Gasteiger partial charge on any atom is 0.243 e. The van der Waals surface area contributed by atoms with Crippen LogP contribution in [-0.2, 0) is 10.0 Å². The number of benzene rings is 1. The van der Waals surface area contributed by atoms with Crippen molar-refractivity contribution in [1.82, 2.24) is 9.29 Å². The smallest absolute Gasteiger partial charge is 0.243 e. The minimum atomic E-state index is -3.42. The van der Waals surface area contributed by atoms with Crippen LogP contribution in [0.25, 0.3) is 10.2 Å². The Morgan fingerprint density at radius 2 is 2.20 bits per heavy atom. The highest BCUT2D eigenvalue weighted by atomic mass is 32.2. The van der Waals surface area contributed by atoms with E-state index in [-0.39, 0.29) is 6.04 Å². The highest BCUT2D eigenvalue weighted by molar-refractivity contribution is 7.89. The standard InChI is InChI=1S/C13H17N3O2S2/c1-9-4-2-3-7-16(9)20(17,18)10-5-6-11-12(8-10)19-13(14)15-11/h5-6,8-9H,2-4,7H2,1H3,(H2,14,15)/t9-/m0/s1. The van der Waals surface area contributed by atoms with Gasteiger partial charge in [-0.1, -0.05) is 17.8 Å². The van der Waals surface area contributed by atoms with Gasteiger partial charge in [0.1, 0.15) is 0 Å². The van der Waals surface area contributed by atoms with E-state index in [1.807, 2.05) is 6.92 Å². The Morgan fingerprint density at radius 1 is 1.40 bits per heavy atom. The summed E-state index contributed by atoms with van der Waals surface area (Å²) in [6, 6.07) is 5.10. The maximum atomic E-state index is 12.7. The monoisotopic (exact) mass is 311 g/mol. The fourth-order valence-corrected chi connectivity index (χ4v) is 5.22. The lowest BCUT2D eigenvalue weighted by Gasteiger charge is -2.32. The summed E-state index contributed by atoms with van der Waals surface area (Å²) in [6.45, 7) is 2.58. The molecule has 1 aromatic carbocycles. The molecule has 1 saturated heterocycles. The SMILES string of the molecule is C[C@H]1CCCCN1S(=O)(=O)c1ccc2nc(N)sc2c1. The van der Waals surface area contributed by atoms with E-state index < -0.39 is 10.0 Å². The molecule has 2 N–H and O–H groups in total. The summed E-state index contributed by atoms with van der Waals surface area (Å²) < 4.78 is 27.9. The van der Waals surface area contributed by atoms with Crippen LogP contribution in [0.5, 0.6) is 0 Å². The zero-order valence-corrected chi connectivity index (χ0v) is 12.9. The molecule has 20 heavy (non-hydrogen) atoms. The third-order valence-corrected chi connectivity index (χ3v) is 6.58. The average molecular weight is 311 g/mol. The van der Waals surface area contributed by atoms with Crippen LogP contribution in [0.4, 0.5) is 5.13 Å². The van der Waals surface area contributed by atoms with Crippen molar-refractivity contribution in [2.24, 2.45) is 0 Å². The van der Waals surface area contributed by atoms with Crippen molar-refractivity contribution < 1.29 is 8.42 Å². The molecule has 3 rings (SSSR count). The molecule has 7 heteroatoms. The second-order valence-electron chi connectivity index (χ2n) is 5.14. The van der Waals surface area contributed by atoms with E-state index in [1.54, 1.807) is 22.5 Å². The van der Waals surface area contributed by atoms with Gasteiger partial charge in [0.25, 0.3) is 0 Å². The quantitative estimate of drug-likeness (QED) is 0.924. The van der Waals surface area contributed by atoms with Crippen LogP contribution >= 0.6 is 11.3 Å². The molecule has 0 amide bonds. The summed E-state index contributed by atoms with van der Waals surface area (Å²) >= 11 is 1.31. The molecular formula is C13H17N3O2S2. The van der Waals surface area contributed by atoms with E-state index in [4.69, 9.17) is 5.73 Å². The zero-order chi connectivity index (χ0) is 14.3. The Labute approximate surface area is 122 Å². The largest absolute Gasteiger partial charge is 0.375 e. The van der Waals surface area contributed by atoms with E-state index >= 15 is 0 Å². The number of fused-ring (bicyclic) bond motifs is 1. The molecule has 5 nitrogen and oxygen atoms in total. The first kappa shape index (κ1) is 13.8. The molecule has 0 saturated carbocycles. The van der Waals surface area contributed by atoms with Crippen molar-refractivity contribution in [1.29, 1.82) is 0 Å². The number of sulfonamides is 1. The molecule has 108 valence electrons. The van der Waals surface area contributed by atoms with Gasteiger partial charge in [-0.2, -0.15) is 4.31 Å². The van der Waals surface area contributed by atoms with Crippen molar-refractivity contribution in [2.75, 3.05) is 12.3 Å². The van der Waals surface area contributed by atoms with Gasteiger partial charge in [0, 0.05) is 12.6 Å². The number of aromatic nitrogens is 1. The van der Waals surface area contributed by atoms with Crippen molar-refractivity contribution in [3.05, 3.63) is 18.2 Å². The Bertz CT molecular complexity index is 739. The molecule has 1 atom stereocenters. The summed E-state index contributed by atoms with van der Waals surface area (Å²) in [5.74, 6) is 0. The van der Waals surface area contributed by atoms with Crippen LogP contribution in [-0.4, -0.2) is 30.3 Å². The van der Waals surface area contributed by atoms with E-state index in [0.29, 0.717) is 16.6 Å². The minimum Gasteiger partial charge on any atom is -0.375 e. The predicted molar refractivity (Wildman–Crippen MR) is 81.2 cm³/mol. The van der Waals surface area contributed by atoms with Gasteiger partial charge in [-0.15, -0.1) is 0 Å². The van der Waals surface area contributed by atoms with Gasteiger partial charge < -0.3 is 5.73 Å². The average Bonchev–Trinajstić information content (AvgIpc) is 2.78. The molecule has 1 aromatic heterocycles. The highest BCUT2D eigenvalue weighted by Gasteiger charge is 2.31. The fraction of sp³-hybridized carbons (Fsp3) is 0.462. The lowest BCUT2D eigenvalue weighted by Crippen LogP contribution is -2.41. The van der Waals surface area contributed by atoms with Gasteiger partial charge in [-0.05, 0) is 38.0 Å². The van der Waals surface area contributed by atoms with Crippen LogP contribution < -0.4 is 5.73 Å². The predicted octanol–water partition coefficient (Wildman–Crippen LogP) is 2.44. The number of anilines is 1. The summed E-state index contributed by atoms with van der Waals surface area (Å²) in [7, 11) is -3.42. The molecule has 0 aliphatic carbocycles. The van der Waals surface area contributed by atoms with E-state index in [9.17, 15) is 8.42 Å². The number of hydrogen-bond donors (Lipinski definition) is 1. The first-order valence-corrected chi connectivity index (χ1v) is 8.92. The number of rotatable bonds is 2. The molecule has 2 heterocycles. The Kier molecular flexibility index (Phi) is 3.43. The zero-order valence-electron chi connectivity index (χ0n) is 11.2. The Hall–Kier alpha value is -1.18. The van der Waals surface area contributed by atoms with E-state index in [2.05, 4.69) is 4.98 Å². The van der Waals surface area contributed by atoms with Crippen LogP contribution in [0.15, 0.2) is 23.1 Å². The number of nitrogen functional groups attached to an aromatic ring is 1. The van der Waals surface area contributed by atoms with Gasteiger partial charge >= 0.3 is 0 Å². The molecule has 1 fully saturated rings. The summed E-state index contributed by atoms with van der Waals surface area (Å²) in [5.41, 5.74) is 6.41. The van der Waals surface area contributed by atoms with E-state index in [0.717, 1.165) is 29.5 Å². The van der Waals surface area contributed by atoms with Crippen molar-refractivity contribution in [2.45, 2.75) is 37.1 Å². The van der Waals surface area contributed by atoms with Crippen molar-refractivity contribution >= 4 is 36.7 Å². The van der Waals surface area contributed by atoms with Gasteiger partial charge in [0.2, 0.25) is 10.0 Å². The topological polar surface area (TPSA) is 76.3 Å². The maximum absolute atomic E-state index is 12.7. The minimum absolute atomic E-state index is 0.0657. The Morgan fingerprint density at radius 3 is 2.95 bits per heavy atom. The second kappa shape index (κ2) is 4.98. The third-order valence-electron chi connectivity index (χ3n) is 3.73. The number of thiazole rings is 1. The molecule has 1 aliphatic heterocycles. The van der Waals surface area contributed by atoms with Gasteiger partial charge in [0.05, 0.1) is 15.1 Å². The van der Waals surface area contributed by atoms with Crippen LogP contribution in [0.3, 0.4) is 0 Å². The lowest BCUT2D eigenvalue weighted by molar-refractivity contribution is 0.268. The fourth-order valence-electron chi connectivity index (χ4n) is 2.65. The molecule has 0 bridgehead atoms. The number of hydrogen-bond acceptors (Lipinski definition) is 5. The summed E-state index contributed by atoms with van der Waals surface area (Å²) in [5, 5.41) is 0.459. The van der Waals surface area contributed by atoms with Crippen LogP contribution in [0, 0.1) is 0 Å². The first-order valence-electron chi connectivity index (χ1n) is 6.66. The summed E-state index contributed by atoms with van der Waals surface area (Å²) in [4.78, 5) is 4.49. The molecule has 2 aromatic rings. The number of nitrogens with two attached hydrogens (primary N) is 1. The lowest BCUT2D eigenvalue weighted by atomic mass is 10.1. The van der Waals surface area contributed by atoms with Gasteiger partial charge in [-0.25, -0.2) is 13.4 Å². The molecule has 1 aliphatic rings. The molecule has 0 radical (unpaired) electrons. The first-order chi connectivity index (χ1) is 9.48. The van der Waals surface area contributed by atoms with Crippen LogP contribution in [0.2, 0.25) is 0 Å². The number of piperidine rings is 1. The van der Waals surface area contributed by atoms with Crippen LogP contribution in [0.1, 0.15) is 26.2 Å². The normalized spacial score (nSPS) is 21.4. The van der Waals surface area contributed by atoms with Crippen molar-refractivity contribution in [3.8, 4) is 0 Å². The highest BCUT2D eigenvalue weighted by Crippen LogP contribution is 2.30. The van der Waals surface area contributed by atoms with E-state index in [1.165, 1.54) is 11.3 Å². The Balaban J connectivity index is 2.03. The number of nitrogens with zero attached hydrogens (tertiary/aromatic N) is 2. The summed E-state index contributed by atoms with van der Waals surface area (Å²) in [6.07, 6.45) is 2.95. The molecule has 0 spiro atoms. The molecular weight excluding hydrogens is 294 g/mol. The third kappa shape index (κ3) is 2.30. The van der Waals surface area contributed by atoms with Gasteiger partial charge in [-0.3, -0.25) is 0 Å². The second-order valence-corrected chi connectivity index (χ2v) is 8.09. The van der Waals surface area contributed by atoms with Crippen molar-refractivity contribution in [3.63, 3.8) is 0 Å². The molecule has 0 unspecified atom stereocenters.